The Morgan fingerprint density at radius 1 is 1.26 bits per heavy atom. The molecule has 0 saturated carbocycles. The van der Waals surface area contributed by atoms with Gasteiger partial charge in [0.15, 0.2) is 5.82 Å². The molecular formula is C20H22N6O. The lowest BCUT2D eigenvalue weighted by Crippen LogP contribution is -2.42. The number of hydrogen-bond acceptors (Lipinski definition) is 6. The Labute approximate surface area is 157 Å². The zero-order chi connectivity index (χ0) is 18.4. The highest BCUT2D eigenvalue weighted by atomic mass is 16.1. The summed E-state index contributed by atoms with van der Waals surface area (Å²) in [5.74, 6) is 1.56. The van der Waals surface area contributed by atoms with Crippen LogP contribution in [0.15, 0.2) is 51.9 Å². The van der Waals surface area contributed by atoms with Crippen molar-refractivity contribution >= 4 is 28.1 Å². The summed E-state index contributed by atoms with van der Waals surface area (Å²) in [5.41, 5.74) is 1.83. The van der Waals surface area contributed by atoms with E-state index in [0.29, 0.717) is 11.4 Å². The molecule has 1 saturated heterocycles. The normalized spacial score (nSPS) is 19.8. The van der Waals surface area contributed by atoms with Crippen LogP contribution in [-0.2, 0) is 0 Å². The molecule has 4 heterocycles. The van der Waals surface area contributed by atoms with Crippen molar-refractivity contribution in [2.24, 2.45) is 4.99 Å². The number of piperidine rings is 1. The highest BCUT2D eigenvalue weighted by molar-refractivity contribution is 6.18. The molecule has 7 heteroatoms. The Morgan fingerprint density at radius 2 is 2.11 bits per heavy atom. The van der Waals surface area contributed by atoms with Gasteiger partial charge in [-0.05, 0) is 56.8 Å². The Hall–Kier alpha value is -2.77. The third kappa shape index (κ3) is 2.79. The van der Waals surface area contributed by atoms with Crippen molar-refractivity contribution in [2.45, 2.75) is 18.9 Å². The van der Waals surface area contributed by atoms with Gasteiger partial charge in [-0.15, -0.1) is 0 Å². The van der Waals surface area contributed by atoms with Gasteiger partial charge in [0.2, 0.25) is 0 Å². The smallest absolute Gasteiger partial charge is 0.272 e. The van der Waals surface area contributed by atoms with Gasteiger partial charge in [0, 0.05) is 18.8 Å². The maximum absolute atomic E-state index is 12.1. The van der Waals surface area contributed by atoms with Gasteiger partial charge in [-0.3, -0.25) is 14.6 Å². The minimum Gasteiger partial charge on any atom is -0.317 e. The van der Waals surface area contributed by atoms with Crippen LogP contribution in [0.5, 0.6) is 0 Å². The fourth-order valence-electron chi connectivity index (χ4n) is 4.10. The third-order valence-corrected chi connectivity index (χ3v) is 5.63. The number of nitrogens with one attached hydrogen (secondary N) is 2. The second-order valence-corrected chi connectivity index (χ2v) is 7.29. The van der Waals surface area contributed by atoms with Gasteiger partial charge in [0.25, 0.3) is 5.56 Å². The molecule has 0 unspecified atom stereocenters. The molecule has 0 bridgehead atoms. The molecule has 1 fully saturated rings. The van der Waals surface area contributed by atoms with Crippen LogP contribution in [0.4, 0.5) is 11.5 Å². The van der Waals surface area contributed by atoms with E-state index < -0.39 is 0 Å². The van der Waals surface area contributed by atoms with E-state index in [9.17, 15) is 4.79 Å². The number of aliphatic imine (C=N–C) groups is 1. The molecule has 2 N–H and O–H groups in total. The van der Waals surface area contributed by atoms with Gasteiger partial charge < -0.3 is 5.32 Å². The summed E-state index contributed by atoms with van der Waals surface area (Å²) in [6.07, 6.45) is 8.62. The SMILES string of the molecule is CNC1CCN(CC2=CN3C(=Nc4cccc5c(=O)[nH]nc3c45)C=C2)CC1. The van der Waals surface area contributed by atoms with E-state index in [1.54, 1.807) is 0 Å². The molecule has 5 rings (SSSR count). The first-order valence-electron chi connectivity index (χ1n) is 9.40. The van der Waals surface area contributed by atoms with Gasteiger partial charge in [0.1, 0.15) is 5.84 Å². The van der Waals surface area contributed by atoms with Crippen LogP contribution in [0, 0.1) is 0 Å². The maximum Gasteiger partial charge on any atom is 0.272 e. The van der Waals surface area contributed by atoms with Crippen LogP contribution in [-0.4, -0.2) is 53.7 Å². The predicted octanol–water partition coefficient (Wildman–Crippen LogP) is 1.91. The number of likely N-dealkylation sites (tertiary alicyclic amines) is 1. The van der Waals surface area contributed by atoms with Crippen LogP contribution in [0.2, 0.25) is 0 Å². The van der Waals surface area contributed by atoms with Crippen molar-refractivity contribution in [1.29, 1.82) is 0 Å². The Balaban J connectivity index is 1.46. The minimum absolute atomic E-state index is 0.182. The zero-order valence-electron chi connectivity index (χ0n) is 15.3. The van der Waals surface area contributed by atoms with E-state index in [-0.39, 0.29) is 5.56 Å². The number of hydrogen-bond donors (Lipinski definition) is 2. The maximum atomic E-state index is 12.1. The van der Waals surface area contributed by atoms with Crippen molar-refractivity contribution in [3.63, 3.8) is 0 Å². The Bertz CT molecular complexity index is 1040. The number of anilines is 1. The van der Waals surface area contributed by atoms with Gasteiger partial charge >= 0.3 is 0 Å². The van der Waals surface area contributed by atoms with E-state index >= 15 is 0 Å². The highest BCUT2D eigenvalue weighted by Gasteiger charge is 2.26. The van der Waals surface area contributed by atoms with E-state index in [1.807, 2.05) is 36.2 Å². The monoisotopic (exact) mass is 362 g/mol. The Morgan fingerprint density at radius 3 is 2.93 bits per heavy atom. The van der Waals surface area contributed by atoms with Gasteiger partial charge in [-0.2, -0.15) is 5.10 Å². The van der Waals surface area contributed by atoms with Crippen molar-refractivity contribution in [3.8, 4) is 0 Å². The summed E-state index contributed by atoms with van der Waals surface area (Å²) >= 11 is 0. The molecule has 3 aliphatic heterocycles. The molecule has 27 heavy (non-hydrogen) atoms. The van der Waals surface area contributed by atoms with E-state index in [0.717, 1.165) is 42.4 Å². The fraction of sp³-hybridized carbons (Fsp3) is 0.350. The van der Waals surface area contributed by atoms with E-state index in [4.69, 9.17) is 4.99 Å². The molecule has 1 aromatic heterocycles. The quantitative estimate of drug-likeness (QED) is 0.872. The van der Waals surface area contributed by atoms with Gasteiger partial charge in [-0.25, -0.2) is 10.1 Å². The predicted molar refractivity (Wildman–Crippen MR) is 108 cm³/mol. The number of aromatic nitrogens is 2. The summed E-state index contributed by atoms with van der Waals surface area (Å²) < 4.78 is 0. The molecule has 0 aliphatic carbocycles. The summed E-state index contributed by atoms with van der Waals surface area (Å²) in [6, 6.07) is 6.24. The summed E-state index contributed by atoms with van der Waals surface area (Å²) in [4.78, 5) is 21.3. The molecule has 0 spiro atoms. The number of nitrogens with zero attached hydrogens (tertiary/aromatic N) is 4. The highest BCUT2D eigenvalue weighted by Crippen LogP contribution is 2.37. The summed E-state index contributed by atoms with van der Waals surface area (Å²) in [7, 11) is 2.04. The molecule has 2 aromatic rings. The van der Waals surface area contributed by atoms with Crippen LogP contribution in [0.3, 0.4) is 0 Å². The van der Waals surface area contributed by atoms with Crippen molar-refractivity contribution in [1.82, 2.24) is 20.4 Å². The average Bonchev–Trinajstić information content (AvgIpc) is 2.71. The number of aromatic amines is 1. The lowest BCUT2D eigenvalue weighted by molar-refractivity contribution is 0.217. The lowest BCUT2D eigenvalue weighted by Gasteiger charge is -2.33. The molecule has 7 nitrogen and oxygen atoms in total. The first kappa shape index (κ1) is 16.4. The zero-order valence-corrected chi connectivity index (χ0v) is 15.3. The first-order chi connectivity index (χ1) is 13.2. The number of H-pyrrole nitrogens is 1. The average molecular weight is 362 g/mol. The first-order valence-corrected chi connectivity index (χ1v) is 9.40. The second-order valence-electron chi connectivity index (χ2n) is 7.29. The van der Waals surface area contributed by atoms with Crippen molar-refractivity contribution in [3.05, 3.63) is 52.5 Å². The molecule has 0 amide bonds. The Kier molecular flexibility index (Phi) is 3.91. The molecule has 138 valence electrons. The minimum atomic E-state index is -0.182. The van der Waals surface area contributed by atoms with E-state index in [1.165, 1.54) is 18.4 Å². The van der Waals surface area contributed by atoms with Crippen LogP contribution < -0.4 is 15.8 Å². The topological polar surface area (TPSA) is 76.6 Å². The molecule has 0 radical (unpaired) electrons. The lowest BCUT2D eigenvalue weighted by atomic mass is 10.0. The number of benzene rings is 1. The summed E-state index contributed by atoms with van der Waals surface area (Å²) in [6.45, 7) is 3.11. The second kappa shape index (κ2) is 6.44. The van der Waals surface area contributed by atoms with Crippen LogP contribution >= 0.6 is 0 Å². The van der Waals surface area contributed by atoms with Crippen molar-refractivity contribution < 1.29 is 0 Å². The largest absolute Gasteiger partial charge is 0.317 e. The summed E-state index contributed by atoms with van der Waals surface area (Å²) in [5, 5.41) is 11.8. The number of fused-ring (bicyclic) bond motifs is 2. The van der Waals surface area contributed by atoms with Gasteiger partial charge in [0.05, 0.1) is 16.5 Å². The standard InChI is InChI=1S/C20H22N6O/c1-21-14-7-9-25(10-8-14)11-13-5-6-17-22-16-4-2-3-15-18(16)19(26(17)12-13)23-24-20(15)27/h2-6,12,14,21H,7-11H2,1H3,(H,24,27). The fourth-order valence-corrected chi connectivity index (χ4v) is 4.10. The molecular weight excluding hydrogens is 340 g/mol. The molecule has 0 atom stereocenters. The molecule has 3 aliphatic rings. The number of rotatable bonds is 3. The van der Waals surface area contributed by atoms with Crippen LogP contribution in [0.1, 0.15) is 12.8 Å². The third-order valence-electron chi connectivity index (χ3n) is 5.63. The molecule has 1 aromatic carbocycles. The van der Waals surface area contributed by atoms with Crippen molar-refractivity contribution in [2.75, 3.05) is 31.6 Å². The number of amidine groups is 1. The van der Waals surface area contributed by atoms with E-state index in [2.05, 4.69) is 32.7 Å². The van der Waals surface area contributed by atoms with Gasteiger partial charge in [-0.1, -0.05) is 12.1 Å². The van der Waals surface area contributed by atoms with Crippen LogP contribution in [0.25, 0.3) is 10.8 Å².